The highest BCUT2D eigenvalue weighted by molar-refractivity contribution is 5.84. The molecule has 6 heteroatoms. The van der Waals surface area contributed by atoms with Gasteiger partial charge in [0.25, 0.3) is 0 Å². The maximum absolute atomic E-state index is 12.3. The molecule has 0 aliphatic carbocycles. The summed E-state index contributed by atoms with van der Waals surface area (Å²) in [4.78, 5) is 17.0. The van der Waals surface area contributed by atoms with Crippen LogP contribution in [0.5, 0.6) is 11.5 Å². The van der Waals surface area contributed by atoms with Gasteiger partial charge in [0.05, 0.1) is 25.3 Å². The maximum Gasteiger partial charge on any atom is 0.240 e. The van der Waals surface area contributed by atoms with Gasteiger partial charge >= 0.3 is 0 Å². The molecule has 0 saturated carbocycles. The summed E-state index contributed by atoms with van der Waals surface area (Å²) < 4.78 is 12.6. The first-order chi connectivity index (χ1) is 12.7. The number of para-hydroxylation sites is 2. The maximum atomic E-state index is 12.3. The fourth-order valence-corrected chi connectivity index (χ4v) is 2.90. The average molecular weight is 353 g/mol. The highest BCUT2D eigenvalue weighted by atomic mass is 16.5. The Hall–Kier alpha value is -3.02. The third-order valence-corrected chi connectivity index (χ3v) is 4.17. The molecule has 0 bridgehead atoms. The van der Waals surface area contributed by atoms with Gasteiger partial charge in [-0.15, -0.1) is 0 Å². The number of carbonyl (C=O) groups is 1. The zero-order valence-corrected chi connectivity index (χ0v) is 15.3. The van der Waals surface area contributed by atoms with Gasteiger partial charge in [-0.25, -0.2) is 4.98 Å². The van der Waals surface area contributed by atoms with E-state index >= 15 is 0 Å². The Labute approximate surface area is 152 Å². The Morgan fingerprint density at radius 2 is 1.88 bits per heavy atom. The van der Waals surface area contributed by atoms with Crippen LogP contribution >= 0.6 is 0 Å². The van der Waals surface area contributed by atoms with E-state index in [9.17, 15) is 4.79 Å². The Morgan fingerprint density at radius 3 is 2.62 bits per heavy atom. The third kappa shape index (κ3) is 3.49. The van der Waals surface area contributed by atoms with Crippen molar-refractivity contribution in [2.24, 2.45) is 0 Å². The number of methoxy groups -OCH3 is 2. The molecule has 0 unspecified atom stereocenters. The van der Waals surface area contributed by atoms with Crippen LogP contribution in [-0.2, 0) is 11.3 Å². The highest BCUT2D eigenvalue weighted by Gasteiger charge is 2.16. The van der Waals surface area contributed by atoms with Crippen LogP contribution < -0.4 is 14.8 Å². The molecule has 0 aliphatic rings. The first kappa shape index (κ1) is 17.8. The normalized spacial score (nSPS) is 10.7. The lowest BCUT2D eigenvalue weighted by Gasteiger charge is -2.12. The Bertz CT molecular complexity index is 918. The van der Waals surface area contributed by atoms with Crippen molar-refractivity contribution in [2.75, 3.05) is 20.8 Å². The molecule has 0 aliphatic heterocycles. The van der Waals surface area contributed by atoms with Crippen molar-refractivity contribution in [2.45, 2.75) is 19.9 Å². The number of nitrogens with one attached hydrogen (secondary N) is 1. The SMILES string of the molecule is CCCNC(=O)Cn1c(-c2ccc(OC)c(OC)c2)nc2ccccc21. The number of fused-ring (bicyclic) bond motifs is 1. The van der Waals surface area contributed by atoms with Crippen LogP contribution in [0.1, 0.15) is 13.3 Å². The summed E-state index contributed by atoms with van der Waals surface area (Å²) in [5.41, 5.74) is 2.63. The third-order valence-electron chi connectivity index (χ3n) is 4.17. The molecule has 0 radical (unpaired) electrons. The molecule has 3 rings (SSSR count). The molecule has 2 aromatic carbocycles. The van der Waals surface area contributed by atoms with Gasteiger partial charge in [0.15, 0.2) is 11.5 Å². The van der Waals surface area contributed by atoms with Crippen LogP contribution in [0.2, 0.25) is 0 Å². The fourth-order valence-electron chi connectivity index (χ4n) is 2.90. The summed E-state index contributed by atoms with van der Waals surface area (Å²) in [6.07, 6.45) is 0.902. The lowest BCUT2D eigenvalue weighted by atomic mass is 10.2. The second kappa shape index (κ2) is 7.91. The molecular weight excluding hydrogens is 330 g/mol. The topological polar surface area (TPSA) is 65.4 Å². The molecule has 0 atom stereocenters. The summed E-state index contributed by atoms with van der Waals surface area (Å²) in [5, 5.41) is 2.92. The van der Waals surface area contributed by atoms with Gasteiger partial charge in [0.1, 0.15) is 12.4 Å². The van der Waals surface area contributed by atoms with E-state index in [1.54, 1.807) is 14.2 Å². The lowest BCUT2D eigenvalue weighted by molar-refractivity contribution is -0.121. The summed E-state index contributed by atoms with van der Waals surface area (Å²) in [7, 11) is 3.20. The molecule has 0 fully saturated rings. The van der Waals surface area contributed by atoms with Crippen molar-refractivity contribution in [1.82, 2.24) is 14.9 Å². The highest BCUT2D eigenvalue weighted by Crippen LogP contribution is 2.33. The van der Waals surface area contributed by atoms with Crippen LogP contribution in [0, 0.1) is 0 Å². The van der Waals surface area contributed by atoms with Crippen LogP contribution in [0.25, 0.3) is 22.4 Å². The van der Waals surface area contributed by atoms with Crippen molar-refractivity contribution in [3.05, 3.63) is 42.5 Å². The quantitative estimate of drug-likeness (QED) is 0.708. The van der Waals surface area contributed by atoms with Crippen molar-refractivity contribution < 1.29 is 14.3 Å². The molecule has 1 N–H and O–H groups in total. The van der Waals surface area contributed by atoms with Crippen LogP contribution in [0.3, 0.4) is 0 Å². The second-order valence-corrected chi connectivity index (χ2v) is 5.93. The predicted molar refractivity (Wildman–Crippen MR) is 102 cm³/mol. The summed E-state index contributed by atoms with van der Waals surface area (Å²) in [6, 6.07) is 13.4. The minimum absolute atomic E-state index is 0.0308. The fraction of sp³-hybridized carbons (Fsp3) is 0.300. The van der Waals surface area contributed by atoms with E-state index in [4.69, 9.17) is 14.5 Å². The van der Waals surface area contributed by atoms with Crippen LogP contribution in [-0.4, -0.2) is 36.2 Å². The summed E-state index contributed by atoms with van der Waals surface area (Å²) in [6.45, 7) is 2.91. The smallest absolute Gasteiger partial charge is 0.240 e. The van der Waals surface area contributed by atoms with Gasteiger partial charge < -0.3 is 19.4 Å². The Balaban J connectivity index is 2.07. The standard InChI is InChI=1S/C20H23N3O3/c1-4-11-21-19(24)13-23-16-8-6-5-7-15(16)22-20(23)14-9-10-17(25-2)18(12-14)26-3/h5-10,12H,4,11,13H2,1-3H3,(H,21,24). The molecule has 6 nitrogen and oxygen atoms in total. The Morgan fingerprint density at radius 1 is 1.12 bits per heavy atom. The molecule has 1 aromatic heterocycles. The van der Waals surface area contributed by atoms with Gasteiger partial charge in [-0.2, -0.15) is 0 Å². The van der Waals surface area contributed by atoms with E-state index in [0.29, 0.717) is 18.0 Å². The molecule has 1 amide bonds. The van der Waals surface area contributed by atoms with E-state index in [2.05, 4.69) is 5.32 Å². The number of ether oxygens (including phenoxy) is 2. The first-order valence-corrected chi connectivity index (χ1v) is 8.62. The Kier molecular flexibility index (Phi) is 5.41. The average Bonchev–Trinajstić information content (AvgIpc) is 3.04. The lowest BCUT2D eigenvalue weighted by Crippen LogP contribution is -2.28. The predicted octanol–water partition coefficient (Wildman–Crippen LogP) is 3.25. The van der Waals surface area contributed by atoms with Gasteiger partial charge in [-0.1, -0.05) is 19.1 Å². The zero-order chi connectivity index (χ0) is 18.5. The largest absolute Gasteiger partial charge is 0.493 e. The van der Waals surface area contributed by atoms with Gasteiger partial charge in [-0.3, -0.25) is 4.79 Å². The van der Waals surface area contributed by atoms with Gasteiger partial charge in [-0.05, 0) is 36.8 Å². The van der Waals surface area contributed by atoms with E-state index < -0.39 is 0 Å². The van der Waals surface area contributed by atoms with Gasteiger partial charge in [0, 0.05) is 12.1 Å². The molecule has 0 saturated heterocycles. The summed E-state index contributed by atoms with van der Waals surface area (Å²) in [5.74, 6) is 1.97. The number of hydrogen-bond donors (Lipinski definition) is 1. The number of benzene rings is 2. The number of rotatable bonds is 7. The van der Waals surface area contributed by atoms with Crippen LogP contribution in [0.15, 0.2) is 42.5 Å². The number of carbonyl (C=O) groups excluding carboxylic acids is 1. The molecule has 0 spiro atoms. The summed E-state index contributed by atoms with van der Waals surface area (Å²) >= 11 is 0. The molecule has 1 heterocycles. The van der Waals surface area contributed by atoms with E-state index in [0.717, 1.165) is 28.8 Å². The number of hydrogen-bond acceptors (Lipinski definition) is 4. The number of nitrogens with zero attached hydrogens (tertiary/aromatic N) is 2. The van der Waals surface area contributed by atoms with Crippen molar-refractivity contribution >= 4 is 16.9 Å². The second-order valence-electron chi connectivity index (χ2n) is 5.93. The number of aromatic nitrogens is 2. The molecule has 26 heavy (non-hydrogen) atoms. The van der Waals surface area contributed by atoms with E-state index in [-0.39, 0.29) is 12.5 Å². The van der Waals surface area contributed by atoms with E-state index in [1.807, 2.05) is 54.0 Å². The van der Waals surface area contributed by atoms with Gasteiger partial charge in [0.2, 0.25) is 5.91 Å². The zero-order valence-electron chi connectivity index (χ0n) is 15.3. The van der Waals surface area contributed by atoms with Crippen molar-refractivity contribution in [1.29, 1.82) is 0 Å². The first-order valence-electron chi connectivity index (χ1n) is 8.62. The molecule has 3 aromatic rings. The minimum Gasteiger partial charge on any atom is -0.493 e. The molecule has 136 valence electrons. The number of amides is 1. The van der Waals surface area contributed by atoms with Crippen molar-refractivity contribution in [3.8, 4) is 22.9 Å². The molecular formula is C20H23N3O3. The van der Waals surface area contributed by atoms with Crippen molar-refractivity contribution in [3.63, 3.8) is 0 Å². The van der Waals surface area contributed by atoms with E-state index in [1.165, 1.54) is 0 Å². The number of imidazole rings is 1. The minimum atomic E-state index is -0.0308. The monoisotopic (exact) mass is 353 g/mol. The van der Waals surface area contributed by atoms with Crippen LogP contribution in [0.4, 0.5) is 0 Å².